The van der Waals surface area contributed by atoms with Crippen LogP contribution in [0.2, 0.25) is 0 Å². The lowest BCUT2D eigenvalue weighted by Gasteiger charge is -2.08. The van der Waals surface area contributed by atoms with Crippen LogP contribution in [0.15, 0.2) is 27.8 Å². The maximum absolute atomic E-state index is 12.4. The van der Waals surface area contributed by atoms with E-state index in [2.05, 4.69) is 9.72 Å². The van der Waals surface area contributed by atoms with Crippen LogP contribution in [0.5, 0.6) is 0 Å². The van der Waals surface area contributed by atoms with Crippen molar-refractivity contribution in [1.82, 2.24) is 9.55 Å². The summed E-state index contributed by atoms with van der Waals surface area (Å²) in [7, 11) is 2.85. The lowest BCUT2D eigenvalue weighted by Crippen LogP contribution is -2.35. The molecule has 0 unspecified atom stereocenters. The van der Waals surface area contributed by atoms with Gasteiger partial charge in [-0.1, -0.05) is 0 Å². The van der Waals surface area contributed by atoms with Gasteiger partial charge in [-0.3, -0.25) is 9.36 Å². The van der Waals surface area contributed by atoms with Crippen LogP contribution in [0.25, 0.3) is 10.9 Å². The topological polar surface area (TPSA) is 99.6 Å². The smallest absolute Gasteiger partial charge is 0.337 e. The van der Waals surface area contributed by atoms with Crippen molar-refractivity contribution in [2.45, 2.75) is 13.0 Å². The summed E-state index contributed by atoms with van der Waals surface area (Å²) >= 11 is 0. The van der Waals surface area contributed by atoms with Crippen LogP contribution in [0.3, 0.4) is 0 Å². The Balaban J connectivity index is 2.19. The molecule has 1 aromatic carbocycles. The molecule has 0 spiro atoms. The van der Waals surface area contributed by atoms with Gasteiger partial charge in [0.1, 0.15) is 0 Å². The number of rotatable bonds is 8. The molecule has 0 aliphatic rings. The van der Waals surface area contributed by atoms with Crippen molar-refractivity contribution in [3.05, 3.63) is 44.6 Å². The van der Waals surface area contributed by atoms with E-state index in [1.807, 2.05) is 0 Å². The van der Waals surface area contributed by atoms with Crippen molar-refractivity contribution in [2.75, 3.05) is 34.0 Å². The number of nitrogens with one attached hydrogen (secondary N) is 1. The van der Waals surface area contributed by atoms with Crippen molar-refractivity contribution in [1.29, 1.82) is 0 Å². The second-order valence-corrected chi connectivity index (χ2v) is 5.10. The standard InChI is InChI=1S/C16H20N2O6/c1-22-8-9-24-7-3-6-18-14(19)12-5-4-11(15(20)23-2)10-13(12)17-16(18)21/h4-5,10H,3,6-9H2,1-2H3,(H,17,21). The van der Waals surface area contributed by atoms with Gasteiger partial charge < -0.3 is 19.2 Å². The van der Waals surface area contributed by atoms with E-state index >= 15 is 0 Å². The number of carbonyl (C=O) groups is 1. The second kappa shape index (κ2) is 8.42. The van der Waals surface area contributed by atoms with E-state index in [0.717, 1.165) is 4.57 Å². The van der Waals surface area contributed by atoms with Crippen LogP contribution in [0.1, 0.15) is 16.8 Å². The van der Waals surface area contributed by atoms with E-state index in [-0.39, 0.29) is 12.1 Å². The minimum Gasteiger partial charge on any atom is -0.465 e. The van der Waals surface area contributed by atoms with Crippen LogP contribution in [0.4, 0.5) is 0 Å². The average molecular weight is 336 g/mol. The molecule has 8 heteroatoms. The first-order chi connectivity index (χ1) is 11.6. The number of methoxy groups -OCH3 is 2. The Morgan fingerprint density at radius 2 is 1.96 bits per heavy atom. The number of H-pyrrole nitrogens is 1. The van der Waals surface area contributed by atoms with Gasteiger partial charge in [-0.25, -0.2) is 9.59 Å². The number of ether oxygens (including phenoxy) is 3. The fraction of sp³-hybridized carbons (Fsp3) is 0.438. The van der Waals surface area contributed by atoms with Gasteiger partial charge in [-0.05, 0) is 24.6 Å². The van der Waals surface area contributed by atoms with Crippen LogP contribution in [-0.4, -0.2) is 49.6 Å². The number of aromatic amines is 1. The minimum atomic E-state index is -0.532. The van der Waals surface area contributed by atoms with E-state index in [0.29, 0.717) is 37.1 Å². The van der Waals surface area contributed by atoms with Crippen LogP contribution in [0, 0.1) is 0 Å². The molecule has 0 bridgehead atoms. The first-order valence-electron chi connectivity index (χ1n) is 7.50. The van der Waals surface area contributed by atoms with Crippen LogP contribution in [-0.2, 0) is 20.8 Å². The number of hydrogen-bond acceptors (Lipinski definition) is 6. The minimum absolute atomic E-state index is 0.246. The molecule has 0 aliphatic carbocycles. The molecular formula is C16H20N2O6. The van der Waals surface area contributed by atoms with Crippen molar-refractivity contribution < 1.29 is 19.0 Å². The molecule has 0 atom stereocenters. The number of carbonyl (C=O) groups excluding carboxylic acids is 1. The highest BCUT2D eigenvalue weighted by Gasteiger charge is 2.11. The zero-order chi connectivity index (χ0) is 17.5. The molecule has 2 aromatic rings. The molecule has 24 heavy (non-hydrogen) atoms. The Morgan fingerprint density at radius 1 is 1.17 bits per heavy atom. The Kier molecular flexibility index (Phi) is 6.28. The molecule has 1 heterocycles. The van der Waals surface area contributed by atoms with E-state index in [1.165, 1.54) is 25.3 Å². The van der Waals surface area contributed by atoms with Gasteiger partial charge >= 0.3 is 11.7 Å². The summed E-state index contributed by atoms with van der Waals surface area (Å²) in [5, 5.41) is 0.336. The Bertz CT molecular complexity index is 823. The molecular weight excluding hydrogens is 316 g/mol. The Labute approximate surface area is 138 Å². The normalized spacial score (nSPS) is 10.9. The quantitative estimate of drug-likeness (QED) is 0.557. The average Bonchev–Trinajstić information content (AvgIpc) is 2.59. The number of esters is 1. The maximum atomic E-state index is 12.4. The lowest BCUT2D eigenvalue weighted by atomic mass is 10.1. The molecule has 0 radical (unpaired) electrons. The number of fused-ring (bicyclic) bond motifs is 1. The summed E-state index contributed by atoms with van der Waals surface area (Å²) < 4.78 is 15.9. The molecule has 0 aliphatic heterocycles. The first kappa shape index (κ1) is 17.9. The largest absolute Gasteiger partial charge is 0.465 e. The van der Waals surface area contributed by atoms with Gasteiger partial charge in [-0.15, -0.1) is 0 Å². The van der Waals surface area contributed by atoms with Gasteiger partial charge in [0.25, 0.3) is 5.56 Å². The molecule has 2 rings (SSSR count). The molecule has 0 fully saturated rings. The molecule has 8 nitrogen and oxygen atoms in total. The van der Waals surface area contributed by atoms with Crippen LogP contribution < -0.4 is 11.2 Å². The predicted molar refractivity (Wildman–Crippen MR) is 87.5 cm³/mol. The van der Waals surface area contributed by atoms with Gasteiger partial charge in [0.2, 0.25) is 0 Å². The summed E-state index contributed by atoms with van der Waals surface area (Å²) in [6.07, 6.45) is 0.526. The highest BCUT2D eigenvalue weighted by molar-refractivity contribution is 5.93. The zero-order valence-corrected chi connectivity index (χ0v) is 13.7. The maximum Gasteiger partial charge on any atom is 0.337 e. The van der Waals surface area contributed by atoms with Crippen molar-refractivity contribution in [3.63, 3.8) is 0 Å². The summed E-state index contributed by atoms with van der Waals surface area (Å²) in [5.41, 5.74) is -0.349. The summed E-state index contributed by atoms with van der Waals surface area (Å²) in [6.45, 7) is 1.64. The van der Waals surface area contributed by atoms with Gasteiger partial charge in [0, 0.05) is 20.3 Å². The SMILES string of the molecule is COCCOCCCn1c(=O)[nH]c2cc(C(=O)OC)ccc2c1=O. The molecule has 0 saturated heterocycles. The monoisotopic (exact) mass is 336 g/mol. The number of benzene rings is 1. The third-order valence-corrected chi connectivity index (χ3v) is 3.51. The van der Waals surface area contributed by atoms with Crippen molar-refractivity contribution in [2.24, 2.45) is 0 Å². The summed E-state index contributed by atoms with van der Waals surface area (Å²) in [6, 6.07) is 4.43. The highest BCUT2D eigenvalue weighted by Crippen LogP contribution is 2.10. The molecule has 1 N–H and O–H groups in total. The number of nitrogens with zero attached hydrogens (tertiary/aromatic N) is 1. The van der Waals surface area contributed by atoms with Gasteiger partial charge in [0.05, 0.1) is 36.8 Å². The first-order valence-corrected chi connectivity index (χ1v) is 7.50. The molecule has 1 aromatic heterocycles. The summed E-state index contributed by atoms with van der Waals surface area (Å²) in [5.74, 6) is -0.532. The zero-order valence-electron chi connectivity index (χ0n) is 13.7. The third-order valence-electron chi connectivity index (χ3n) is 3.51. The van der Waals surface area contributed by atoms with Gasteiger partial charge in [-0.2, -0.15) is 0 Å². The lowest BCUT2D eigenvalue weighted by molar-refractivity contribution is 0.0601. The van der Waals surface area contributed by atoms with Gasteiger partial charge in [0.15, 0.2) is 0 Å². The van der Waals surface area contributed by atoms with E-state index < -0.39 is 17.2 Å². The van der Waals surface area contributed by atoms with E-state index in [9.17, 15) is 14.4 Å². The molecule has 0 amide bonds. The molecule has 130 valence electrons. The van der Waals surface area contributed by atoms with Crippen LogP contribution >= 0.6 is 0 Å². The summed E-state index contributed by atoms with van der Waals surface area (Å²) in [4.78, 5) is 38.7. The Morgan fingerprint density at radius 3 is 2.67 bits per heavy atom. The molecule has 0 saturated carbocycles. The Hall–Kier alpha value is -2.45. The number of hydrogen-bond donors (Lipinski definition) is 1. The fourth-order valence-corrected chi connectivity index (χ4v) is 2.27. The van der Waals surface area contributed by atoms with Crippen molar-refractivity contribution >= 4 is 16.9 Å². The predicted octanol–water partition coefficient (Wildman–Crippen LogP) is 0.529. The van der Waals surface area contributed by atoms with E-state index in [1.54, 1.807) is 7.11 Å². The fourth-order valence-electron chi connectivity index (χ4n) is 2.27. The highest BCUT2D eigenvalue weighted by atomic mass is 16.5. The second-order valence-electron chi connectivity index (χ2n) is 5.10. The van der Waals surface area contributed by atoms with E-state index in [4.69, 9.17) is 9.47 Å². The van der Waals surface area contributed by atoms with Crippen molar-refractivity contribution in [3.8, 4) is 0 Å². The number of aromatic nitrogens is 2. The third kappa shape index (κ3) is 4.09.